The van der Waals surface area contributed by atoms with Crippen molar-refractivity contribution >= 4 is 17.5 Å². The first-order chi connectivity index (χ1) is 13.3. The lowest BCUT2D eigenvalue weighted by molar-refractivity contribution is -0.123. The zero-order valence-corrected chi connectivity index (χ0v) is 16.3. The predicted octanol–water partition coefficient (Wildman–Crippen LogP) is 1.65. The third-order valence-corrected chi connectivity index (χ3v) is 6.10. The molecule has 4 rings (SSSR count). The van der Waals surface area contributed by atoms with Crippen LogP contribution in [0.1, 0.15) is 44.9 Å². The number of rotatable bonds is 5. The van der Waals surface area contributed by atoms with Gasteiger partial charge >= 0.3 is 0 Å². The summed E-state index contributed by atoms with van der Waals surface area (Å²) in [6.07, 6.45) is 10.3. The second-order valence-electron chi connectivity index (χ2n) is 8.09. The van der Waals surface area contributed by atoms with Gasteiger partial charge in [-0.2, -0.15) is 0 Å². The Balaban J connectivity index is 1.25. The summed E-state index contributed by atoms with van der Waals surface area (Å²) in [6.45, 7) is 6.34. The Kier molecular flexibility index (Phi) is 6.07. The van der Waals surface area contributed by atoms with Crippen molar-refractivity contribution in [2.45, 2.75) is 51.0 Å². The number of carbonyl (C=O) groups excluding carboxylic acids is 1. The summed E-state index contributed by atoms with van der Waals surface area (Å²) in [5.41, 5.74) is 0. The smallest absolute Gasteiger partial charge is 0.234 e. The average Bonchev–Trinajstić information content (AvgIpc) is 3.24. The normalized spacial score (nSPS) is 22.2. The van der Waals surface area contributed by atoms with E-state index in [2.05, 4.69) is 36.1 Å². The van der Waals surface area contributed by atoms with Crippen LogP contribution in [0.25, 0.3) is 0 Å². The highest BCUT2D eigenvalue weighted by atomic mass is 16.2. The maximum Gasteiger partial charge on any atom is 0.234 e. The van der Waals surface area contributed by atoms with Gasteiger partial charge in [-0.25, -0.2) is 9.97 Å². The molecule has 148 valence electrons. The molecule has 1 saturated carbocycles. The number of nitrogens with zero attached hydrogens (tertiary/aromatic N) is 5. The first-order valence-corrected chi connectivity index (χ1v) is 10.6. The van der Waals surface area contributed by atoms with Crippen LogP contribution in [0, 0.1) is 0 Å². The third kappa shape index (κ3) is 4.89. The molecule has 0 bridgehead atoms. The molecule has 2 aliphatic heterocycles. The Labute approximate surface area is 162 Å². The molecule has 1 N–H and O–H groups in total. The van der Waals surface area contributed by atoms with Gasteiger partial charge in [0, 0.05) is 51.4 Å². The highest BCUT2D eigenvalue weighted by Crippen LogP contribution is 2.22. The fourth-order valence-electron chi connectivity index (χ4n) is 4.49. The van der Waals surface area contributed by atoms with Gasteiger partial charge in [0.2, 0.25) is 5.91 Å². The summed E-state index contributed by atoms with van der Waals surface area (Å²) < 4.78 is 0. The second kappa shape index (κ2) is 8.87. The molecule has 3 heterocycles. The second-order valence-corrected chi connectivity index (χ2v) is 8.09. The number of piperazine rings is 1. The molecule has 7 heteroatoms. The Morgan fingerprint density at radius 2 is 1.52 bits per heavy atom. The SMILES string of the molecule is O=C(CN1CCN(c2cc(N3CCCC3)ncn2)CC1)NC1CCCCC1. The quantitative estimate of drug-likeness (QED) is 0.848. The molecule has 0 radical (unpaired) electrons. The minimum atomic E-state index is 0.189. The maximum atomic E-state index is 12.3. The van der Waals surface area contributed by atoms with E-state index < -0.39 is 0 Å². The Hall–Kier alpha value is -1.89. The summed E-state index contributed by atoms with van der Waals surface area (Å²) in [4.78, 5) is 28.2. The molecule has 1 aliphatic carbocycles. The molecule has 2 saturated heterocycles. The molecule has 3 fully saturated rings. The lowest BCUT2D eigenvalue weighted by atomic mass is 9.95. The number of nitrogens with one attached hydrogen (secondary N) is 1. The zero-order valence-electron chi connectivity index (χ0n) is 16.3. The summed E-state index contributed by atoms with van der Waals surface area (Å²) >= 11 is 0. The van der Waals surface area contributed by atoms with Gasteiger partial charge in [-0.15, -0.1) is 0 Å². The number of anilines is 2. The number of aromatic nitrogens is 2. The van der Waals surface area contributed by atoms with Gasteiger partial charge in [-0.3, -0.25) is 9.69 Å². The standard InChI is InChI=1S/C20H32N6O/c27-20(23-17-6-2-1-3-7-17)15-24-10-12-26(13-11-24)19-14-18(21-16-22-19)25-8-4-5-9-25/h14,16-17H,1-13,15H2,(H,23,27). The van der Waals surface area contributed by atoms with Crippen molar-refractivity contribution in [3.8, 4) is 0 Å². The molecule has 0 aromatic carbocycles. The Morgan fingerprint density at radius 1 is 0.889 bits per heavy atom. The van der Waals surface area contributed by atoms with Crippen LogP contribution in [0.4, 0.5) is 11.6 Å². The van der Waals surface area contributed by atoms with Crippen molar-refractivity contribution in [1.29, 1.82) is 0 Å². The van der Waals surface area contributed by atoms with Crippen molar-refractivity contribution in [2.75, 3.05) is 55.6 Å². The van der Waals surface area contributed by atoms with Crippen LogP contribution in [-0.2, 0) is 4.79 Å². The largest absolute Gasteiger partial charge is 0.356 e. The summed E-state index contributed by atoms with van der Waals surface area (Å²) in [5.74, 6) is 2.25. The van der Waals surface area contributed by atoms with Crippen LogP contribution in [0.3, 0.4) is 0 Å². The van der Waals surface area contributed by atoms with Crippen LogP contribution in [0.15, 0.2) is 12.4 Å². The third-order valence-electron chi connectivity index (χ3n) is 6.10. The van der Waals surface area contributed by atoms with Gasteiger partial charge in [-0.05, 0) is 25.7 Å². The molecular formula is C20H32N6O. The van der Waals surface area contributed by atoms with Gasteiger partial charge in [0.05, 0.1) is 6.54 Å². The molecule has 0 atom stereocenters. The van der Waals surface area contributed by atoms with Gasteiger partial charge in [0.15, 0.2) is 0 Å². The van der Waals surface area contributed by atoms with E-state index in [0.717, 1.165) is 63.7 Å². The van der Waals surface area contributed by atoms with E-state index in [1.165, 1.54) is 32.1 Å². The van der Waals surface area contributed by atoms with Gasteiger partial charge < -0.3 is 15.1 Å². The first kappa shape index (κ1) is 18.5. The summed E-state index contributed by atoms with van der Waals surface area (Å²) in [7, 11) is 0. The van der Waals surface area contributed by atoms with E-state index in [9.17, 15) is 4.79 Å². The Bertz CT molecular complexity index is 619. The average molecular weight is 373 g/mol. The fourth-order valence-corrected chi connectivity index (χ4v) is 4.49. The molecule has 27 heavy (non-hydrogen) atoms. The maximum absolute atomic E-state index is 12.3. The van der Waals surface area contributed by atoms with Crippen LogP contribution in [0.2, 0.25) is 0 Å². The van der Waals surface area contributed by atoms with E-state index in [0.29, 0.717) is 12.6 Å². The van der Waals surface area contributed by atoms with Gasteiger partial charge in [0.25, 0.3) is 0 Å². The van der Waals surface area contributed by atoms with E-state index in [1.807, 2.05) is 0 Å². The van der Waals surface area contributed by atoms with Gasteiger partial charge in [0.1, 0.15) is 18.0 Å². The predicted molar refractivity (Wildman–Crippen MR) is 107 cm³/mol. The molecule has 0 spiro atoms. The fraction of sp³-hybridized carbons (Fsp3) is 0.750. The van der Waals surface area contributed by atoms with Crippen LogP contribution in [-0.4, -0.2) is 72.6 Å². The van der Waals surface area contributed by atoms with Crippen molar-refractivity contribution in [3.05, 3.63) is 12.4 Å². The topological polar surface area (TPSA) is 64.6 Å². The summed E-state index contributed by atoms with van der Waals surface area (Å²) in [6, 6.07) is 2.52. The number of amides is 1. The van der Waals surface area contributed by atoms with Crippen molar-refractivity contribution in [1.82, 2.24) is 20.2 Å². The number of carbonyl (C=O) groups is 1. The molecular weight excluding hydrogens is 340 g/mol. The van der Waals surface area contributed by atoms with Crippen molar-refractivity contribution in [3.63, 3.8) is 0 Å². The lowest BCUT2D eigenvalue weighted by Gasteiger charge is -2.35. The van der Waals surface area contributed by atoms with Gasteiger partial charge in [-0.1, -0.05) is 19.3 Å². The van der Waals surface area contributed by atoms with Crippen LogP contribution >= 0.6 is 0 Å². The monoisotopic (exact) mass is 372 g/mol. The molecule has 7 nitrogen and oxygen atoms in total. The highest BCUT2D eigenvalue weighted by molar-refractivity contribution is 5.78. The lowest BCUT2D eigenvalue weighted by Crippen LogP contribution is -2.51. The van der Waals surface area contributed by atoms with Crippen LogP contribution in [0.5, 0.6) is 0 Å². The molecule has 0 unspecified atom stereocenters. The Morgan fingerprint density at radius 3 is 2.19 bits per heavy atom. The zero-order chi connectivity index (χ0) is 18.5. The van der Waals surface area contributed by atoms with E-state index in [-0.39, 0.29) is 5.91 Å². The minimum absolute atomic E-state index is 0.189. The van der Waals surface area contributed by atoms with Crippen molar-refractivity contribution in [2.24, 2.45) is 0 Å². The van der Waals surface area contributed by atoms with E-state index in [1.54, 1.807) is 6.33 Å². The number of hydrogen-bond acceptors (Lipinski definition) is 6. The summed E-state index contributed by atoms with van der Waals surface area (Å²) in [5, 5.41) is 3.23. The van der Waals surface area contributed by atoms with E-state index in [4.69, 9.17) is 0 Å². The van der Waals surface area contributed by atoms with E-state index >= 15 is 0 Å². The van der Waals surface area contributed by atoms with Crippen molar-refractivity contribution < 1.29 is 4.79 Å². The molecule has 1 aromatic rings. The minimum Gasteiger partial charge on any atom is -0.356 e. The van der Waals surface area contributed by atoms with Crippen LogP contribution < -0.4 is 15.1 Å². The number of hydrogen-bond donors (Lipinski definition) is 1. The highest BCUT2D eigenvalue weighted by Gasteiger charge is 2.23. The molecule has 1 amide bonds. The first-order valence-electron chi connectivity index (χ1n) is 10.6. The molecule has 3 aliphatic rings. The molecule has 1 aromatic heterocycles.